The van der Waals surface area contributed by atoms with Crippen LogP contribution in [0.15, 0.2) is 48.7 Å². The highest BCUT2D eigenvalue weighted by Gasteiger charge is 2.17. The third-order valence-electron chi connectivity index (χ3n) is 3.69. The minimum atomic E-state index is -0.678. The van der Waals surface area contributed by atoms with Gasteiger partial charge in [0.2, 0.25) is 0 Å². The van der Waals surface area contributed by atoms with Gasteiger partial charge in [-0.05, 0) is 29.0 Å². The number of nitrogens with zero attached hydrogens (tertiary/aromatic N) is 1. The summed E-state index contributed by atoms with van der Waals surface area (Å²) in [7, 11) is 1.46. The first kappa shape index (κ1) is 18.9. The summed E-state index contributed by atoms with van der Waals surface area (Å²) < 4.78 is 10.4. The lowest BCUT2D eigenvalue weighted by Crippen LogP contribution is -2.21. The number of nitrogens with one attached hydrogen (secondary N) is 1. The standard InChI is InChI=1S/C19H14Cl2N2O4/c1-26-16-7-12-5-3-2-4-11(12)6-14(16)19(25)27-10-17(24)23-18-15(21)8-13(20)9-22-18/h2-9H,10H2,1H3,(H,22,23,24). The van der Waals surface area contributed by atoms with Crippen LogP contribution in [0.3, 0.4) is 0 Å². The number of methoxy groups -OCH3 is 1. The quantitative estimate of drug-likeness (QED) is 0.639. The molecule has 1 N–H and O–H groups in total. The smallest absolute Gasteiger partial charge is 0.342 e. The van der Waals surface area contributed by atoms with Crippen LogP contribution in [0.4, 0.5) is 5.82 Å². The molecule has 3 rings (SSSR count). The van der Waals surface area contributed by atoms with Crippen molar-refractivity contribution in [3.05, 3.63) is 64.3 Å². The summed E-state index contributed by atoms with van der Waals surface area (Å²) in [6, 6.07) is 12.4. The summed E-state index contributed by atoms with van der Waals surface area (Å²) in [6.45, 7) is -0.505. The van der Waals surface area contributed by atoms with E-state index < -0.39 is 18.5 Å². The number of hydrogen-bond acceptors (Lipinski definition) is 5. The summed E-state index contributed by atoms with van der Waals surface area (Å²) in [6.07, 6.45) is 1.34. The number of fused-ring (bicyclic) bond motifs is 1. The highest BCUT2D eigenvalue weighted by atomic mass is 35.5. The van der Waals surface area contributed by atoms with Crippen molar-refractivity contribution >= 4 is 51.7 Å². The van der Waals surface area contributed by atoms with Gasteiger partial charge in [0.25, 0.3) is 5.91 Å². The highest BCUT2D eigenvalue weighted by Crippen LogP contribution is 2.27. The number of anilines is 1. The zero-order valence-corrected chi connectivity index (χ0v) is 15.7. The lowest BCUT2D eigenvalue weighted by molar-refractivity contribution is -0.119. The molecule has 0 aliphatic carbocycles. The van der Waals surface area contributed by atoms with Crippen LogP contribution in [0.25, 0.3) is 10.8 Å². The van der Waals surface area contributed by atoms with Gasteiger partial charge in [0.05, 0.1) is 17.2 Å². The van der Waals surface area contributed by atoms with Gasteiger partial charge in [0, 0.05) is 6.20 Å². The largest absolute Gasteiger partial charge is 0.496 e. The topological polar surface area (TPSA) is 77.5 Å². The number of rotatable bonds is 5. The molecular formula is C19H14Cl2N2O4. The maximum Gasteiger partial charge on any atom is 0.342 e. The Hall–Kier alpha value is -2.83. The van der Waals surface area contributed by atoms with Crippen LogP contribution in [0.1, 0.15) is 10.4 Å². The third-order valence-corrected chi connectivity index (χ3v) is 4.18. The molecule has 6 nitrogen and oxygen atoms in total. The molecule has 0 unspecified atom stereocenters. The van der Waals surface area contributed by atoms with E-state index in [9.17, 15) is 9.59 Å². The summed E-state index contributed by atoms with van der Waals surface area (Å²) in [5.41, 5.74) is 0.228. The predicted molar refractivity (Wildman–Crippen MR) is 104 cm³/mol. The van der Waals surface area contributed by atoms with E-state index in [0.29, 0.717) is 10.8 Å². The van der Waals surface area contributed by atoms with Crippen molar-refractivity contribution in [1.29, 1.82) is 0 Å². The number of aromatic nitrogens is 1. The Kier molecular flexibility index (Phi) is 5.78. The van der Waals surface area contributed by atoms with Gasteiger partial charge in [0.15, 0.2) is 12.4 Å². The molecule has 1 aromatic heterocycles. The molecule has 0 aliphatic rings. The van der Waals surface area contributed by atoms with E-state index in [0.717, 1.165) is 10.8 Å². The summed E-state index contributed by atoms with van der Waals surface area (Å²) in [5.74, 6) is -0.769. The Balaban J connectivity index is 1.70. The molecule has 138 valence electrons. The van der Waals surface area contributed by atoms with Crippen LogP contribution < -0.4 is 10.1 Å². The first-order valence-corrected chi connectivity index (χ1v) is 8.58. The van der Waals surface area contributed by atoms with Gasteiger partial charge in [0.1, 0.15) is 11.3 Å². The molecule has 0 atom stereocenters. The summed E-state index contributed by atoms with van der Waals surface area (Å²) >= 11 is 11.7. The molecule has 2 aromatic carbocycles. The average molecular weight is 405 g/mol. The Morgan fingerprint density at radius 2 is 1.81 bits per heavy atom. The van der Waals surface area contributed by atoms with Crippen molar-refractivity contribution in [3.8, 4) is 5.75 Å². The molecule has 0 saturated carbocycles. The van der Waals surface area contributed by atoms with Crippen molar-refractivity contribution in [2.45, 2.75) is 0 Å². The van der Waals surface area contributed by atoms with Gasteiger partial charge in [-0.2, -0.15) is 0 Å². The second-order valence-corrected chi connectivity index (χ2v) is 6.35. The fourth-order valence-corrected chi connectivity index (χ4v) is 2.86. The third kappa shape index (κ3) is 4.48. The number of halogens is 2. The first-order valence-electron chi connectivity index (χ1n) is 7.82. The lowest BCUT2D eigenvalue weighted by atomic mass is 10.1. The van der Waals surface area contributed by atoms with Gasteiger partial charge in [-0.25, -0.2) is 9.78 Å². The second-order valence-electron chi connectivity index (χ2n) is 5.51. The van der Waals surface area contributed by atoms with Gasteiger partial charge in [-0.3, -0.25) is 4.79 Å². The van der Waals surface area contributed by atoms with E-state index in [1.807, 2.05) is 24.3 Å². The van der Waals surface area contributed by atoms with Crippen LogP contribution in [0.2, 0.25) is 10.0 Å². The van der Waals surface area contributed by atoms with Crippen LogP contribution >= 0.6 is 23.2 Å². The number of carbonyl (C=O) groups is 2. The fourth-order valence-electron chi connectivity index (χ4n) is 2.43. The number of hydrogen-bond donors (Lipinski definition) is 1. The van der Waals surface area contributed by atoms with Gasteiger partial charge in [-0.1, -0.05) is 47.5 Å². The Morgan fingerprint density at radius 1 is 1.11 bits per heavy atom. The zero-order valence-electron chi connectivity index (χ0n) is 14.2. The number of esters is 1. The van der Waals surface area contributed by atoms with Crippen LogP contribution in [0, 0.1) is 0 Å². The van der Waals surface area contributed by atoms with Crippen molar-refractivity contribution < 1.29 is 19.1 Å². The number of ether oxygens (including phenoxy) is 2. The van der Waals surface area contributed by atoms with Crippen LogP contribution in [0.5, 0.6) is 5.75 Å². The molecule has 3 aromatic rings. The summed E-state index contributed by atoms with van der Waals surface area (Å²) in [4.78, 5) is 28.3. The van der Waals surface area contributed by atoms with Crippen molar-refractivity contribution in [1.82, 2.24) is 4.98 Å². The van der Waals surface area contributed by atoms with Crippen molar-refractivity contribution in [3.63, 3.8) is 0 Å². The molecule has 0 bridgehead atoms. The molecule has 0 fully saturated rings. The minimum Gasteiger partial charge on any atom is -0.496 e. The molecule has 0 radical (unpaired) electrons. The molecule has 1 amide bonds. The first-order chi connectivity index (χ1) is 13.0. The van der Waals surface area contributed by atoms with E-state index in [1.54, 1.807) is 12.1 Å². The van der Waals surface area contributed by atoms with E-state index in [2.05, 4.69) is 10.3 Å². The SMILES string of the molecule is COc1cc2ccccc2cc1C(=O)OCC(=O)Nc1ncc(Cl)cc1Cl. The monoisotopic (exact) mass is 404 g/mol. The number of pyridine rings is 1. The molecule has 8 heteroatoms. The van der Waals surface area contributed by atoms with Crippen LogP contribution in [-0.2, 0) is 9.53 Å². The minimum absolute atomic E-state index is 0.130. The number of amides is 1. The molecular weight excluding hydrogens is 391 g/mol. The molecule has 0 spiro atoms. The van der Waals surface area contributed by atoms with Gasteiger partial charge in [-0.15, -0.1) is 0 Å². The number of carbonyl (C=O) groups excluding carboxylic acids is 2. The fraction of sp³-hybridized carbons (Fsp3) is 0.105. The molecule has 27 heavy (non-hydrogen) atoms. The van der Waals surface area contributed by atoms with Crippen molar-refractivity contribution in [2.24, 2.45) is 0 Å². The maximum atomic E-state index is 12.4. The zero-order chi connectivity index (χ0) is 19.4. The molecule has 1 heterocycles. The Labute approximate surface area is 165 Å². The Bertz CT molecular complexity index is 1020. The predicted octanol–water partition coefficient (Wildman–Crippen LogP) is 4.35. The number of benzene rings is 2. The van der Waals surface area contributed by atoms with Gasteiger partial charge >= 0.3 is 5.97 Å². The normalized spacial score (nSPS) is 10.5. The second kappa shape index (κ2) is 8.24. The highest BCUT2D eigenvalue weighted by molar-refractivity contribution is 6.36. The van der Waals surface area contributed by atoms with E-state index >= 15 is 0 Å². The van der Waals surface area contributed by atoms with E-state index in [1.165, 1.54) is 19.4 Å². The lowest BCUT2D eigenvalue weighted by Gasteiger charge is -2.11. The van der Waals surface area contributed by atoms with Crippen LogP contribution in [-0.4, -0.2) is 30.6 Å². The van der Waals surface area contributed by atoms with E-state index in [-0.39, 0.29) is 16.4 Å². The maximum absolute atomic E-state index is 12.4. The summed E-state index contributed by atoms with van der Waals surface area (Å²) in [5, 5.41) is 4.75. The van der Waals surface area contributed by atoms with Gasteiger partial charge < -0.3 is 14.8 Å². The molecule has 0 aliphatic heterocycles. The Morgan fingerprint density at radius 3 is 2.48 bits per heavy atom. The average Bonchev–Trinajstić information content (AvgIpc) is 2.67. The molecule has 0 saturated heterocycles. The van der Waals surface area contributed by atoms with Crippen molar-refractivity contribution in [2.75, 3.05) is 19.0 Å². The van der Waals surface area contributed by atoms with E-state index in [4.69, 9.17) is 32.7 Å².